The summed E-state index contributed by atoms with van der Waals surface area (Å²) in [6.07, 6.45) is 12.8. The second-order valence-corrected chi connectivity index (χ2v) is 8.92. The molecule has 152 valence electrons. The molecule has 0 spiro atoms. The van der Waals surface area contributed by atoms with Crippen molar-refractivity contribution in [1.29, 1.82) is 0 Å². The minimum atomic E-state index is 0.589. The van der Waals surface area contributed by atoms with Crippen molar-refractivity contribution in [1.82, 2.24) is 19.9 Å². The van der Waals surface area contributed by atoms with Crippen molar-refractivity contribution in [3.05, 3.63) is 29.7 Å². The molecule has 5 heteroatoms. The molecule has 2 aromatic rings. The third kappa shape index (κ3) is 3.82. The van der Waals surface area contributed by atoms with Crippen LogP contribution < -0.4 is 10.1 Å². The van der Waals surface area contributed by atoms with Crippen molar-refractivity contribution in [2.45, 2.75) is 77.8 Å². The molecular formula is C23H34N4O. The number of nitrogens with zero attached hydrogens (tertiary/aromatic N) is 3. The van der Waals surface area contributed by atoms with Gasteiger partial charge in [-0.05, 0) is 80.9 Å². The molecule has 4 rings (SSSR count). The van der Waals surface area contributed by atoms with Crippen LogP contribution in [0.2, 0.25) is 0 Å². The van der Waals surface area contributed by atoms with E-state index in [2.05, 4.69) is 48.4 Å². The SMILES string of the molecule is COc1cc(C2=C(C)C(C3CCC(NC(C)C)CC3)CCC2)cn2ncnc12. The number of ether oxygens (including phenoxy) is 1. The summed E-state index contributed by atoms with van der Waals surface area (Å²) < 4.78 is 7.43. The third-order valence-corrected chi connectivity index (χ3v) is 6.79. The van der Waals surface area contributed by atoms with Gasteiger partial charge in [0.05, 0.1) is 7.11 Å². The van der Waals surface area contributed by atoms with E-state index in [4.69, 9.17) is 4.74 Å². The van der Waals surface area contributed by atoms with Crippen molar-refractivity contribution < 1.29 is 4.74 Å². The summed E-state index contributed by atoms with van der Waals surface area (Å²) >= 11 is 0. The molecule has 2 aliphatic rings. The van der Waals surface area contributed by atoms with E-state index >= 15 is 0 Å². The molecule has 28 heavy (non-hydrogen) atoms. The van der Waals surface area contributed by atoms with E-state index in [0.717, 1.165) is 29.7 Å². The van der Waals surface area contributed by atoms with Gasteiger partial charge < -0.3 is 10.1 Å². The molecule has 1 fully saturated rings. The predicted octanol–water partition coefficient (Wildman–Crippen LogP) is 4.87. The number of pyridine rings is 1. The van der Waals surface area contributed by atoms with Gasteiger partial charge in [-0.3, -0.25) is 0 Å². The summed E-state index contributed by atoms with van der Waals surface area (Å²) in [5, 5.41) is 8.08. The maximum Gasteiger partial charge on any atom is 0.197 e. The molecule has 0 aliphatic heterocycles. The van der Waals surface area contributed by atoms with Crippen LogP contribution in [-0.2, 0) is 0 Å². The average molecular weight is 383 g/mol. The fourth-order valence-corrected chi connectivity index (χ4v) is 5.47. The smallest absolute Gasteiger partial charge is 0.197 e. The lowest BCUT2D eigenvalue weighted by Gasteiger charge is -2.38. The fraction of sp³-hybridized carbons (Fsp3) is 0.652. The Labute approximate surface area is 168 Å². The first-order valence-electron chi connectivity index (χ1n) is 10.9. The summed E-state index contributed by atoms with van der Waals surface area (Å²) in [6.45, 7) is 6.88. The zero-order valence-corrected chi connectivity index (χ0v) is 17.7. The molecular weight excluding hydrogens is 348 g/mol. The van der Waals surface area contributed by atoms with E-state index in [1.165, 1.54) is 49.7 Å². The Morgan fingerprint density at radius 3 is 2.68 bits per heavy atom. The second-order valence-electron chi connectivity index (χ2n) is 8.92. The number of allylic oxidation sites excluding steroid dienone is 2. The highest BCUT2D eigenvalue weighted by atomic mass is 16.5. The van der Waals surface area contributed by atoms with Crippen LogP contribution in [0.25, 0.3) is 11.2 Å². The van der Waals surface area contributed by atoms with Crippen LogP contribution in [0.15, 0.2) is 24.2 Å². The summed E-state index contributed by atoms with van der Waals surface area (Å²) in [5.74, 6) is 2.36. The largest absolute Gasteiger partial charge is 0.493 e. The van der Waals surface area contributed by atoms with Crippen LogP contribution in [-0.4, -0.2) is 33.8 Å². The minimum absolute atomic E-state index is 0.589. The first kappa shape index (κ1) is 19.4. The third-order valence-electron chi connectivity index (χ3n) is 6.79. The number of nitrogens with one attached hydrogen (secondary N) is 1. The van der Waals surface area contributed by atoms with Gasteiger partial charge in [0.15, 0.2) is 11.4 Å². The first-order valence-corrected chi connectivity index (χ1v) is 10.9. The molecule has 1 saturated carbocycles. The second kappa shape index (κ2) is 8.24. The predicted molar refractivity (Wildman–Crippen MR) is 113 cm³/mol. The normalized spacial score (nSPS) is 26.2. The van der Waals surface area contributed by atoms with Crippen molar-refractivity contribution in [3.8, 4) is 5.75 Å². The van der Waals surface area contributed by atoms with Crippen LogP contribution >= 0.6 is 0 Å². The topological polar surface area (TPSA) is 51.5 Å². The van der Waals surface area contributed by atoms with E-state index in [1.807, 2.05) is 4.52 Å². The molecule has 0 amide bonds. The average Bonchev–Trinajstić information content (AvgIpc) is 3.16. The van der Waals surface area contributed by atoms with Gasteiger partial charge in [-0.2, -0.15) is 5.10 Å². The van der Waals surface area contributed by atoms with E-state index in [1.54, 1.807) is 19.0 Å². The van der Waals surface area contributed by atoms with Gasteiger partial charge in [0.1, 0.15) is 6.33 Å². The Morgan fingerprint density at radius 2 is 1.96 bits per heavy atom. The zero-order chi connectivity index (χ0) is 19.7. The summed E-state index contributed by atoms with van der Waals surface area (Å²) in [5.41, 5.74) is 5.11. The van der Waals surface area contributed by atoms with E-state index < -0.39 is 0 Å². The van der Waals surface area contributed by atoms with Gasteiger partial charge in [0, 0.05) is 18.3 Å². The molecule has 2 aliphatic carbocycles. The van der Waals surface area contributed by atoms with Crippen molar-refractivity contribution in [3.63, 3.8) is 0 Å². The standard InChI is InChI=1S/C23H34N4O/c1-15(2)26-19-10-8-17(9-11-19)20-6-5-7-21(16(20)3)18-12-22(28-4)23-24-14-25-27(23)13-18/h12-15,17,19-20,26H,5-11H2,1-4H3. The molecule has 0 aromatic carbocycles. The number of rotatable bonds is 5. The number of methoxy groups -OCH3 is 1. The zero-order valence-electron chi connectivity index (χ0n) is 17.7. The van der Waals surface area contributed by atoms with Gasteiger partial charge in [-0.1, -0.05) is 19.4 Å². The van der Waals surface area contributed by atoms with Gasteiger partial charge in [-0.25, -0.2) is 9.50 Å². The van der Waals surface area contributed by atoms with Crippen LogP contribution in [0.5, 0.6) is 5.75 Å². The summed E-state index contributed by atoms with van der Waals surface area (Å²) in [7, 11) is 1.71. The molecule has 1 atom stereocenters. The fourth-order valence-electron chi connectivity index (χ4n) is 5.47. The lowest BCUT2D eigenvalue weighted by atomic mass is 9.69. The minimum Gasteiger partial charge on any atom is -0.493 e. The van der Waals surface area contributed by atoms with Crippen molar-refractivity contribution in [2.75, 3.05) is 7.11 Å². The maximum atomic E-state index is 5.59. The monoisotopic (exact) mass is 382 g/mol. The Balaban J connectivity index is 1.57. The van der Waals surface area contributed by atoms with Gasteiger partial charge >= 0.3 is 0 Å². The molecule has 2 aromatic heterocycles. The van der Waals surface area contributed by atoms with Gasteiger partial charge in [-0.15, -0.1) is 0 Å². The quantitative estimate of drug-likeness (QED) is 0.802. The highest BCUT2D eigenvalue weighted by Gasteiger charge is 2.31. The molecule has 0 saturated heterocycles. The van der Waals surface area contributed by atoms with Crippen LogP contribution in [0.4, 0.5) is 0 Å². The molecule has 1 N–H and O–H groups in total. The lowest BCUT2D eigenvalue weighted by molar-refractivity contribution is 0.219. The Hall–Kier alpha value is -1.88. The van der Waals surface area contributed by atoms with Gasteiger partial charge in [0.2, 0.25) is 0 Å². The summed E-state index contributed by atoms with van der Waals surface area (Å²) in [6, 6.07) is 3.45. The van der Waals surface area contributed by atoms with Crippen molar-refractivity contribution >= 4 is 11.2 Å². The Morgan fingerprint density at radius 1 is 1.18 bits per heavy atom. The highest BCUT2D eigenvalue weighted by molar-refractivity contribution is 5.72. The molecule has 1 unspecified atom stereocenters. The van der Waals surface area contributed by atoms with Crippen LogP contribution in [0.3, 0.4) is 0 Å². The van der Waals surface area contributed by atoms with Crippen LogP contribution in [0.1, 0.15) is 71.3 Å². The molecule has 0 radical (unpaired) electrons. The molecule has 2 heterocycles. The maximum absolute atomic E-state index is 5.59. The highest BCUT2D eigenvalue weighted by Crippen LogP contribution is 2.44. The Kier molecular flexibility index (Phi) is 5.72. The van der Waals surface area contributed by atoms with Crippen molar-refractivity contribution in [2.24, 2.45) is 11.8 Å². The molecule has 0 bridgehead atoms. The number of hydrogen-bond acceptors (Lipinski definition) is 4. The van der Waals surface area contributed by atoms with E-state index in [-0.39, 0.29) is 0 Å². The van der Waals surface area contributed by atoms with E-state index in [9.17, 15) is 0 Å². The van der Waals surface area contributed by atoms with E-state index in [0.29, 0.717) is 12.1 Å². The number of aromatic nitrogens is 3. The first-order chi connectivity index (χ1) is 13.6. The summed E-state index contributed by atoms with van der Waals surface area (Å²) in [4.78, 5) is 4.32. The number of hydrogen-bond donors (Lipinski definition) is 1. The molecule has 5 nitrogen and oxygen atoms in total. The Bertz CT molecular complexity index is 845. The van der Waals surface area contributed by atoms with Crippen LogP contribution in [0, 0.1) is 11.8 Å². The van der Waals surface area contributed by atoms with Gasteiger partial charge in [0.25, 0.3) is 0 Å². The number of fused-ring (bicyclic) bond motifs is 1. The lowest BCUT2D eigenvalue weighted by Crippen LogP contribution is -2.38.